The molecule has 0 saturated heterocycles. The van der Waals surface area contributed by atoms with Crippen LogP contribution in [0.2, 0.25) is 0 Å². The topological polar surface area (TPSA) is 64.1 Å². The number of nitrogens with one attached hydrogen (secondary N) is 1. The van der Waals surface area contributed by atoms with Crippen LogP contribution in [0.1, 0.15) is 16.8 Å². The van der Waals surface area contributed by atoms with E-state index in [2.05, 4.69) is 15.5 Å². The van der Waals surface area contributed by atoms with Gasteiger partial charge in [-0.2, -0.15) is 5.10 Å². The Kier molecular flexibility index (Phi) is 4.30. The maximum absolute atomic E-state index is 11.7. The Morgan fingerprint density at radius 3 is 2.50 bits per heavy atom. The molecule has 2 rings (SSSR count). The number of carbonyl (C=O) groups excluding carboxylic acids is 1. The predicted molar refractivity (Wildman–Crippen MR) is 76.8 cm³/mol. The second-order valence-electron chi connectivity index (χ2n) is 4.65. The van der Waals surface area contributed by atoms with Crippen LogP contribution < -0.4 is 10.1 Å². The number of carbonyl (C=O) groups is 1. The van der Waals surface area contributed by atoms with E-state index in [0.29, 0.717) is 5.88 Å². The van der Waals surface area contributed by atoms with Crippen molar-refractivity contribution in [1.29, 1.82) is 0 Å². The Labute approximate surface area is 118 Å². The predicted octanol–water partition coefficient (Wildman–Crippen LogP) is 2.42. The molecule has 1 amide bonds. The van der Waals surface area contributed by atoms with Gasteiger partial charge >= 0.3 is 0 Å². The number of benzene rings is 1. The number of nitrogens with zero attached hydrogens (tertiary/aromatic N) is 2. The molecule has 0 unspecified atom stereocenters. The van der Waals surface area contributed by atoms with Gasteiger partial charge in [0.25, 0.3) is 5.91 Å². The largest absolute Gasteiger partial charge is 0.466 e. The van der Waals surface area contributed by atoms with E-state index in [1.165, 1.54) is 0 Å². The molecule has 0 atom stereocenters. The fourth-order valence-corrected chi connectivity index (χ4v) is 1.57. The lowest BCUT2D eigenvalue weighted by Gasteiger charge is -2.07. The van der Waals surface area contributed by atoms with Crippen LogP contribution in [0.25, 0.3) is 0 Å². The van der Waals surface area contributed by atoms with Crippen LogP contribution in [0.15, 0.2) is 30.3 Å². The van der Waals surface area contributed by atoms with E-state index < -0.39 is 0 Å². The van der Waals surface area contributed by atoms with Crippen LogP contribution in [0.3, 0.4) is 0 Å². The van der Waals surface area contributed by atoms with Crippen molar-refractivity contribution >= 4 is 11.6 Å². The smallest absolute Gasteiger partial charge is 0.262 e. The van der Waals surface area contributed by atoms with Crippen LogP contribution >= 0.6 is 0 Å². The van der Waals surface area contributed by atoms with Crippen molar-refractivity contribution in [2.75, 3.05) is 11.9 Å². The maximum atomic E-state index is 11.7. The molecule has 0 aliphatic heterocycles. The number of hydrogen-bond donors (Lipinski definition) is 1. The summed E-state index contributed by atoms with van der Waals surface area (Å²) in [6.07, 6.45) is 0. The average Bonchev–Trinajstić information content (AvgIpc) is 2.43. The highest BCUT2D eigenvalue weighted by Crippen LogP contribution is 2.11. The third-order valence-electron chi connectivity index (χ3n) is 2.90. The fraction of sp³-hybridized carbons (Fsp3) is 0.267. The summed E-state index contributed by atoms with van der Waals surface area (Å²) in [5.74, 6) is 0.126. The number of rotatable bonds is 4. The van der Waals surface area contributed by atoms with E-state index >= 15 is 0 Å². The Morgan fingerprint density at radius 2 is 1.85 bits per heavy atom. The lowest BCUT2D eigenvalue weighted by molar-refractivity contribution is -0.118. The van der Waals surface area contributed by atoms with E-state index in [4.69, 9.17) is 4.74 Å². The van der Waals surface area contributed by atoms with E-state index in [0.717, 1.165) is 22.5 Å². The quantitative estimate of drug-likeness (QED) is 0.927. The molecule has 1 N–H and O–H groups in total. The summed E-state index contributed by atoms with van der Waals surface area (Å²) in [5.41, 5.74) is 3.72. The van der Waals surface area contributed by atoms with Crippen LogP contribution in [-0.2, 0) is 4.79 Å². The van der Waals surface area contributed by atoms with Crippen LogP contribution in [0, 0.1) is 20.8 Å². The molecule has 20 heavy (non-hydrogen) atoms. The van der Waals surface area contributed by atoms with Crippen LogP contribution in [0.4, 0.5) is 5.69 Å². The number of ether oxygens (including phenoxy) is 1. The van der Waals surface area contributed by atoms with Crippen LogP contribution in [0.5, 0.6) is 5.88 Å². The second kappa shape index (κ2) is 6.14. The summed E-state index contributed by atoms with van der Waals surface area (Å²) in [6, 6.07) is 9.34. The molecule has 0 aliphatic rings. The maximum Gasteiger partial charge on any atom is 0.262 e. The zero-order valence-corrected chi connectivity index (χ0v) is 11.8. The summed E-state index contributed by atoms with van der Waals surface area (Å²) in [5, 5.41) is 10.6. The number of amides is 1. The molecule has 0 bridgehead atoms. The molecule has 5 nitrogen and oxygen atoms in total. The molecular weight excluding hydrogens is 254 g/mol. The molecule has 1 aromatic heterocycles. The minimum atomic E-state index is -0.228. The summed E-state index contributed by atoms with van der Waals surface area (Å²) in [4.78, 5) is 11.7. The summed E-state index contributed by atoms with van der Waals surface area (Å²) in [6.45, 7) is 5.69. The Balaban J connectivity index is 1.88. The molecular formula is C15H17N3O2. The zero-order valence-electron chi connectivity index (χ0n) is 11.8. The van der Waals surface area contributed by atoms with E-state index in [1.54, 1.807) is 6.07 Å². The van der Waals surface area contributed by atoms with Gasteiger partial charge in [0.1, 0.15) is 0 Å². The monoisotopic (exact) mass is 271 g/mol. The van der Waals surface area contributed by atoms with Gasteiger partial charge in [0.2, 0.25) is 5.88 Å². The first kappa shape index (κ1) is 14.0. The van der Waals surface area contributed by atoms with Gasteiger partial charge in [-0.1, -0.05) is 17.7 Å². The molecule has 0 radical (unpaired) electrons. The molecule has 0 aliphatic carbocycles. The third-order valence-corrected chi connectivity index (χ3v) is 2.90. The third kappa shape index (κ3) is 3.78. The van der Waals surface area contributed by atoms with Crippen molar-refractivity contribution in [3.05, 3.63) is 47.2 Å². The van der Waals surface area contributed by atoms with Crippen molar-refractivity contribution in [3.8, 4) is 5.88 Å². The molecule has 0 fully saturated rings. The first-order chi connectivity index (χ1) is 9.54. The Morgan fingerprint density at radius 1 is 1.15 bits per heavy atom. The summed E-state index contributed by atoms with van der Waals surface area (Å²) < 4.78 is 5.31. The number of hydrogen-bond acceptors (Lipinski definition) is 4. The second-order valence-corrected chi connectivity index (χ2v) is 4.65. The first-order valence-electron chi connectivity index (χ1n) is 6.35. The fourth-order valence-electron chi connectivity index (χ4n) is 1.57. The molecule has 0 saturated carbocycles. The standard InChI is InChI=1S/C15H17N3O2/c1-10-4-6-13(7-5-10)16-14(19)9-20-15-8-11(2)12(3)17-18-15/h4-8H,9H2,1-3H3,(H,16,19). The van der Waals surface area contributed by atoms with Crippen molar-refractivity contribution < 1.29 is 9.53 Å². The van der Waals surface area contributed by atoms with Gasteiger partial charge < -0.3 is 10.1 Å². The first-order valence-corrected chi connectivity index (χ1v) is 6.35. The minimum absolute atomic E-state index is 0.0922. The van der Waals surface area contributed by atoms with Crippen molar-refractivity contribution in [2.24, 2.45) is 0 Å². The molecule has 1 heterocycles. The highest BCUT2D eigenvalue weighted by molar-refractivity contribution is 5.91. The number of aryl methyl sites for hydroxylation is 3. The van der Waals surface area contributed by atoms with E-state index in [-0.39, 0.29) is 12.5 Å². The number of aromatic nitrogens is 2. The summed E-state index contributed by atoms with van der Waals surface area (Å²) >= 11 is 0. The molecule has 104 valence electrons. The minimum Gasteiger partial charge on any atom is -0.466 e. The molecule has 5 heteroatoms. The van der Waals surface area contributed by atoms with Gasteiger partial charge in [-0.25, -0.2) is 0 Å². The highest BCUT2D eigenvalue weighted by Gasteiger charge is 2.06. The zero-order chi connectivity index (χ0) is 14.5. The molecule has 1 aromatic carbocycles. The van der Waals surface area contributed by atoms with Gasteiger partial charge in [0.05, 0.1) is 5.69 Å². The Hall–Kier alpha value is -2.43. The SMILES string of the molecule is Cc1ccc(NC(=O)COc2cc(C)c(C)nn2)cc1. The number of anilines is 1. The highest BCUT2D eigenvalue weighted by atomic mass is 16.5. The van der Waals surface area contributed by atoms with Crippen LogP contribution in [-0.4, -0.2) is 22.7 Å². The normalized spacial score (nSPS) is 10.2. The van der Waals surface area contributed by atoms with Gasteiger partial charge in [0, 0.05) is 11.8 Å². The van der Waals surface area contributed by atoms with Gasteiger partial charge in [-0.15, -0.1) is 5.10 Å². The van der Waals surface area contributed by atoms with E-state index in [9.17, 15) is 4.79 Å². The van der Waals surface area contributed by atoms with Crippen molar-refractivity contribution in [3.63, 3.8) is 0 Å². The van der Waals surface area contributed by atoms with Crippen molar-refractivity contribution in [1.82, 2.24) is 10.2 Å². The van der Waals surface area contributed by atoms with Gasteiger partial charge in [-0.05, 0) is 38.5 Å². The van der Waals surface area contributed by atoms with Gasteiger partial charge in [0.15, 0.2) is 6.61 Å². The lowest BCUT2D eigenvalue weighted by atomic mass is 10.2. The Bertz CT molecular complexity index is 609. The lowest BCUT2D eigenvalue weighted by Crippen LogP contribution is -2.20. The van der Waals surface area contributed by atoms with E-state index in [1.807, 2.05) is 45.0 Å². The molecule has 2 aromatic rings. The average molecular weight is 271 g/mol. The van der Waals surface area contributed by atoms with Crippen molar-refractivity contribution in [2.45, 2.75) is 20.8 Å². The molecule has 0 spiro atoms. The van der Waals surface area contributed by atoms with Gasteiger partial charge in [-0.3, -0.25) is 4.79 Å². The summed E-state index contributed by atoms with van der Waals surface area (Å²) in [7, 11) is 0.